The molecule has 0 spiro atoms. The minimum absolute atomic E-state index is 0.0118. The fraction of sp³-hybridized carbons (Fsp3) is 0.263. The zero-order valence-corrected chi connectivity index (χ0v) is 13.4. The van der Waals surface area contributed by atoms with Crippen molar-refractivity contribution in [2.75, 3.05) is 7.05 Å². The Kier molecular flexibility index (Phi) is 7.79. The minimum Gasteiger partial charge on any atom is -0.311 e. The van der Waals surface area contributed by atoms with Crippen LogP contribution < -0.4 is 5.32 Å². The van der Waals surface area contributed by atoms with E-state index in [1.54, 1.807) is 19.2 Å². The van der Waals surface area contributed by atoms with Crippen LogP contribution in [0.25, 0.3) is 0 Å². The second-order valence-corrected chi connectivity index (χ2v) is 4.63. The van der Waals surface area contributed by atoms with E-state index < -0.39 is 0 Å². The van der Waals surface area contributed by atoms with E-state index in [1.807, 2.05) is 56.3 Å². The van der Waals surface area contributed by atoms with Crippen molar-refractivity contribution in [3.8, 4) is 0 Å². The van der Waals surface area contributed by atoms with Crippen LogP contribution in [0.2, 0.25) is 0 Å². The van der Waals surface area contributed by atoms with Crippen molar-refractivity contribution in [2.24, 2.45) is 0 Å². The minimum atomic E-state index is -0.189. The Morgan fingerprint density at radius 3 is 2.05 bits per heavy atom. The Hall–Kier alpha value is -2.26. The predicted molar refractivity (Wildman–Crippen MR) is 90.3 cm³/mol. The maximum Gasteiger partial charge on any atom is 0.193 e. The third-order valence-corrected chi connectivity index (χ3v) is 3.24. The van der Waals surface area contributed by atoms with E-state index in [1.165, 1.54) is 0 Å². The molecule has 2 rings (SSSR count). The van der Waals surface area contributed by atoms with Crippen LogP contribution in [-0.4, -0.2) is 25.2 Å². The van der Waals surface area contributed by atoms with Crippen LogP contribution in [0, 0.1) is 0 Å². The van der Waals surface area contributed by atoms with E-state index >= 15 is 0 Å². The van der Waals surface area contributed by atoms with Crippen LogP contribution in [0.4, 0.5) is 0 Å². The van der Waals surface area contributed by atoms with Crippen molar-refractivity contribution in [3.05, 3.63) is 71.3 Å². The predicted octanol–water partition coefficient (Wildman–Crippen LogP) is 3.27. The molecule has 0 aromatic heterocycles. The molecule has 0 radical (unpaired) electrons. The summed E-state index contributed by atoms with van der Waals surface area (Å²) in [6, 6.07) is 16.4. The summed E-state index contributed by atoms with van der Waals surface area (Å²) in [4.78, 5) is 23.0. The highest BCUT2D eigenvalue weighted by atomic mass is 16.1. The summed E-state index contributed by atoms with van der Waals surface area (Å²) in [7, 11) is 1.76. The number of rotatable bonds is 6. The Bertz CT molecular complexity index is 576. The Morgan fingerprint density at radius 1 is 1.00 bits per heavy atom. The number of carbonyl (C=O) groups is 2. The lowest BCUT2D eigenvalue weighted by Crippen LogP contribution is -2.28. The molecule has 0 saturated carbocycles. The first kappa shape index (κ1) is 17.8. The molecule has 0 aliphatic heterocycles. The zero-order chi connectivity index (χ0) is 16.4. The topological polar surface area (TPSA) is 46.2 Å². The fourth-order valence-electron chi connectivity index (χ4n) is 2.02. The van der Waals surface area contributed by atoms with Gasteiger partial charge in [-0.3, -0.25) is 4.79 Å². The summed E-state index contributed by atoms with van der Waals surface area (Å²) in [5.41, 5.74) is 2.37. The molecule has 2 aromatic rings. The van der Waals surface area contributed by atoms with E-state index in [9.17, 15) is 9.59 Å². The molecule has 116 valence electrons. The molecule has 3 nitrogen and oxygen atoms in total. The van der Waals surface area contributed by atoms with Crippen molar-refractivity contribution < 1.29 is 9.59 Å². The second-order valence-electron chi connectivity index (χ2n) is 4.63. The number of benzene rings is 2. The molecule has 0 aliphatic rings. The molecule has 0 bridgehead atoms. The average Bonchev–Trinajstić information content (AvgIpc) is 2.62. The first-order valence-electron chi connectivity index (χ1n) is 7.56. The number of hydrogen-bond donors (Lipinski definition) is 1. The van der Waals surface area contributed by atoms with Crippen LogP contribution in [0.3, 0.4) is 0 Å². The van der Waals surface area contributed by atoms with E-state index in [0.29, 0.717) is 17.5 Å². The monoisotopic (exact) mass is 297 g/mol. The molecule has 22 heavy (non-hydrogen) atoms. The number of hydrogen-bond acceptors (Lipinski definition) is 3. The van der Waals surface area contributed by atoms with Gasteiger partial charge >= 0.3 is 0 Å². The Balaban J connectivity index is 0.00000116. The summed E-state index contributed by atoms with van der Waals surface area (Å²) in [6.45, 7) is 4.00. The molecular weight excluding hydrogens is 274 g/mol. The van der Waals surface area contributed by atoms with E-state index in [2.05, 4.69) is 5.32 Å². The molecular formula is C19H23NO2. The average molecular weight is 297 g/mol. The van der Waals surface area contributed by atoms with Gasteiger partial charge in [-0.25, -0.2) is 0 Å². The maximum absolute atomic E-state index is 12.2. The molecule has 1 atom stereocenters. The molecule has 0 amide bonds. The molecule has 3 heteroatoms. The van der Waals surface area contributed by atoms with Gasteiger partial charge in [0.2, 0.25) is 0 Å². The molecule has 0 aliphatic carbocycles. The van der Waals surface area contributed by atoms with Crippen molar-refractivity contribution >= 4 is 12.1 Å². The molecule has 2 aromatic carbocycles. The summed E-state index contributed by atoms with van der Waals surface area (Å²) < 4.78 is 0. The summed E-state index contributed by atoms with van der Waals surface area (Å²) in [6.07, 6.45) is 1.52. The molecule has 0 heterocycles. The van der Waals surface area contributed by atoms with Gasteiger partial charge < -0.3 is 10.1 Å². The van der Waals surface area contributed by atoms with Gasteiger partial charge in [0, 0.05) is 11.1 Å². The number of likely N-dealkylation sites (N-methyl/N-ethyl adjacent to an activating group) is 1. The second kappa shape index (κ2) is 9.64. The van der Waals surface area contributed by atoms with E-state index in [4.69, 9.17) is 0 Å². The fourth-order valence-corrected chi connectivity index (χ4v) is 2.02. The van der Waals surface area contributed by atoms with Crippen molar-refractivity contribution in [1.82, 2.24) is 5.32 Å². The molecule has 0 fully saturated rings. The number of aldehydes is 1. The lowest BCUT2D eigenvalue weighted by molar-refractivity contribution is -0.109. The molecule has 0 saturated heterocycles. The lowest BCUT2D eigenvalue weighted by Gasteiger charge is -2.09. The number of carbonyl (C=O) groups excluding carboxylic acids is 2. The summed E-state index contributed by atoms with van der Waals surface area (Å²) in [5, 5.41) is 2.93. The third kappa shape index (κ3) is 4.93. The van der Waals surface area contributed by atoms with Crippen molar-refractivity contribution in [1.29, 1.82) is 0 Å². The Morgan fingerprint density at radius 2 is 1.55 bits per heavy atom. The van der Waals surface area contributed by atoms with Gasteiger partial charge in [-0.05, 0) is 19.0 Å². The maximum atomic E-state index is 12.2. The van der Waals surface area contributed by atoms with Crippen molar-refractivity contribution in [2.45, 2.75) is 26.3 Å². The molecule has 1 unspecified atom stereocenters. The lowest BCUT2D eigenvalue weighted by atomic mass is 10.00. The Labute approximate surface area is 132 Å². The standard InChI is InChI=1S/C17H17NO2.C2H6/c1-18-16(12-19)11-13-7-9-15(10-8-13)17(20)14-5-3-2-4-6-14;1-2/h2-10,12,16,18H,11H2,1H3;1-2H3. The van der Waals surface area contributed by atoms with Crippen LogP contribution in [0.1, 0.15) is 35.3 Å². The van der Waals surface area contributed by atoms with E-state index in [0.717, 1.165) is 11.8 Å². The first-order chi connectivity index (χ1) is 10.7. The smallest absolute Gasteiger partial charge is 0.193 e. The molecule has 1 N–H and O–H groups in total. The highest BCUT2D eigenvalue weighted by molar-refractivity contribution is 6.08. The zero-order valence-electron chi connectivity index (χ0n) is 13.4. The highest BCUT2D eigenvalue weighted by Gasteiger charge is 2.09. The number of nitrogens with one attached hydrogen (secondary N) is 1. The largest absolute Gasteiger partial charge is 0.311 e. The quantitative estimate of drug-likeness (QED) is 0.657. The van der Waals surface area contributed by atoms with Crippen LogP contribution in [0.5, 0.6) is 0 Å². The highest BCUT2D eigenvalue weighted by Crippen LogP contribution is 2.12. The summed E-state index contributed by atoms with van der Waals surface area (Å²) in [5.74, 6) is 0.0118. The SMILES string of the molecule is CC.CNC(C=O)Cc1ccc(C(=O)c2ccccc2)cc1. The van der Waals surface area contributed by atoms with Gasteiger partial charge in [-0.2, -0.15) is 0 Å². The van der Waals surface area contributed by atoms with Crippen LogP contribution in [-0.2, 0) is 11.2 Å². The third-order valence-electron chi connectivity index (χ3n) is 3.24. The van der Waals surface area contributed by atoms with Crippen LogP contribution in [0.15, 0.2) is 54.6 Å². The van der Waals surface area contributed by atoms with Gasteiger partial charge in [0.05, 0.1) is 6.04 Å². The van der Waals surface area contributed by atoms with E-state index in [-0.39, 0.29) is 11.8 Å². The summed E-state index contributed by atoms with van der Waals surface area (Å²) >= 11 is 0. The van der Waals surface area contributed by atoms with Crippen LogP contribution >= 0.6 is 0 Å². The van der Waals surface area contributed by atoms with Gasteiger partial charge in [0.1, 0.15) is 6.29 Å². The van der Waals surface area contributed by atoms with Gasteiger partial charge in [-0.1, -0.05) is 68.4 Å². The van der Waals surface area contributed by atoms with Gasteiger partial charge in [0.15, 0.2) is 5.78 Å². The number of ketones is 1. The van der Waals surface area contributed by atoms with Crippen molar-refractivity contribution in [3.63, 3.8) is 0 Å². The first-order valence-corrected chi connectivity index (χ1v) is 7.56. The normalized spacial score (nSPS) is 11.0. The van der Waals surface area contributed by atoms with Gasteiger partial charge in [0.25, 0.3) is 0 Å². The van der Waals surface area contributed by atoms with Gasteiger partial charge in [-0.15, -0.1) is 0 Å².